The molecule has 0 aliphatic rings. The molecule has 96 valence electrons. The molecule has 1 heterocycles. The number of rotatable bonds is 3. The number of halogens is 2. The summed E-state index contributed by atoms with van der Waals surface area (Å²) < 4.78 is 2.28. The van der Waals surface area contributed by atoms with Crippen molar-refractivity contribution in [1.82, 2.24) is 4.98 Å². The fourth-order valence-corrected chi connectivity index (χ4v) is 3.35. The SMILES string of the molecule is Clc1ccc(NCc2nc3ccc(Br)cc3s2)cc1. The highest BCUT2D eigenvalue weighted by Gasteiger charge is 2.04. The molecular weight excluding hydrogens is 344 g/mol. The van der Waals surface area contributed by atoms with Gasteiger partial charge < -0.3 is 5.32 Å². The third-order valence-electron chi connectivity index (χ3n) is 2.68. The minimum absolute atomic E-state index is 0.721. The molecule has 0 spiro atoms. The van der Waals surface area contributed by atoms with E-state index >= 15 is 0 Å². The van der Waals surface area contributed by atoms with Gasteiger partial charge >= 0.3 is 0 Å². The van der Waals surface area contributed by atoms with Gasteiger partial charge in [0.1, 0.15) is 5.01 Å². The maximum absolute atomic E-state index is 5.85. The summed E-state index contributed by atoms with van der Waals surface area (Å²) in [5, 5.41) is 5.16. The first-order valence-electron chi connectivity index (χ1n) is 5.75. The Hall–Kier alpha value is -1.10. The first kappa shape index (κ1) is 12.9. The van der Waals surface area contributed by atoms with Crippen LogP contribution in [-0.2, 0) is 6.54 Å². The fourth-order valence-electron chi connectivity index (χ4n) is 1.77. The summed E-state index contributed by atoms with van der Waals surface area (Å²) >= 11 is 11.0. The van der Waals surface area contributed by atoms with Crippen molar-refractivity contribution in [2.45, 2.75) is 6.54 Å². The van der Waals surface area contributed by atoms with E-state index in [4.69, 9.17) is 11.6 Å². The van der Waals surface area contributed by atoms with Crippen molar-refractivity contribution >= 4 is 54.8 Å². The van der Waals surface area contributed by atoms with Crippen LogP contribution in [0, 0.1) is 0 Å². The number of hydrogen-bond donors (Lipinski definition) is 1. The second-order valence-corrected chi connectivity index (χ2v) is 6.55. The molecule has 0 bridgehead atoms. The third-order valence-corrected chi connectivity index (χ3v) is 4.45. The Morgan fingerprint density at radius 2 is 1.95 bits per heavy atom. The van der Waals surface area contributed by atoms with Crippen molar-refractivity contribution in [2.24, 2.45) is 0 Å². The lowest BCUT2D eigenvalue weighted by molar-refractivity contribution is 1.12. The zero-order chi connectivity index (χ0) is 13.2. The lowest BCUT2D eigenvalue weighted by Gasteiger charge is -2.03. The molecule has 19 heavy (non-hydrogen) atoms. The van der Waals surface area contributed by atoms with Crippen LogP contribution in [0.1, 0.15) is 5.01 Å². The van der Waals surface area contributed by atoms with Gasteiger partial charge in [0.25, 0.3) is 0 Å². The summed E-state index contributed by atoms with van der Waals surface area (Å²) in [5.41, 5.74) is 2.09. The highest BCUT2D eigenvalue weighted by Crippen LogP contribution is 2.26. The molecule has 3 rings (SSSR count). The van der Waals surface area contributed by atoms with E-state index in [9.17, 15) is 0 Å². The zero-order valence-electron chi connectivity index (χ0n) is 9.86. The van der Waals surface area contributed by atoms with E-state index in [0.29, 0.717) is 0 Å². The summed E-state index contributed by atoms with van der Waals surface area (Å²) in [4.78, 5) is 4.60. The number of thiazole rings is 1. The van der Waals surface area contributed by atoms with Gasteiger partial charge in [-0.25, -0.2) is 4.98 Å². The van der Waals surface area contributed by atoms with Crippen molar-refractivity contribution in [3.63, 3.8) is 0 Å². The number of benzene rings is 2. The molecular formula is C14H10BrClN2S. The number of fused-ring (bicyclic) bond motifs is 1. The van der Waals surface area contributed by atoms with Crippen LogP contribution in [0.25, 0.3) is 10.2 Å². The molecule has 0 aliphatic carbocycles. The van der Waals surface area contributed by atoms with Gasteiger partial charge in [0.2, 0.25) is 0 Å². The molecule has 0 saturated heterocycles. The van der Waals surface area contributed by atoms with Gasteiger partial charge in [-0.05, 0) is 42.5 Å². The number of nitrogens with one attached hydrogen (secondary N) is 1. The minimum Gasteiger partial charge on any atom is -0.379 e. The average molecular weight is 354 g/mol. The monoisotopic (exact) mass is 352 g/mol. The predicted octanol–water partition coefficient (Wildman–Crippen LogP) is 5.32. The maximum Gasteiger partial charge on any atom is 0.113 e. The summed E-state index contributed by atoms with van der Waals surface area (Å²) in [6.45, 7) is 0.721. The standard InChI is InChI=1S/C14H10BrClN2S/c15-9-1-6-12-13(7-9)19-14(18-12)8-17-11-4-2-10(16)3-5-11/h1-7,17H,8H2. The van der Waals surface area contributed by atoms with E-state index < -0.39 is 0 Å². The van der Waals surface area contributed by atoms with Crippen LogP contribution in [-0.4, -0.2) is 4.98 Å². The molecule has 0 unspecified atom stereocenters. The Balaban J connectivity index is 1.76. The number of aromatic nitrogens is 1. The smallest absolute Gasteiger partial charge is 0.113 e. The maximum atomic E-state index is 5.85. The van der Waals surface area contributed by atoms with Crippen LogP contribution in [0.15, 0.2) is 46.9 Å². The van der Waals surface area contributed by atoms with Crippen LogP contribution in [0.4, 0.5) is 5.69 Å². The Morgan fingerprint density at radius 3 is 2.74 bits per heavy atom. The number of hydrogen-bond acceptors (Lipinski definition) is 3. The number of nitrogens with zero attached hydrogens (tertiary/aromatic N) is 1. The van der Waals surface area contributed by atoms with Crippen molar-refractivity contribution in [1.29, 1.82) is 0 Å². The van der Waals surface area contributed by atoms with Crippen molar-refractivity contribution < 1.29 is 0 Å². The molecule has 1 aromatic heterocycles. The molecule has 3 aromatic rings. The van der Waals surface area contributed by atoms with Crippen LogP contribution in [0.3, 0.4) is 0 Å². The quantitative estimate of drug-likeness (QED) is 0.689. The molecule has 0 amide bonds. The van der Waals surface area contributed by atoms with E-state index in [1.54, 1.807) is 11.3 Å². The first-order chi connectivity index (χ1) is 9.20. The predicted molar refractivity (Wildman–Crippen MR) is 86.1 cm³/mol. The van der Waals surface area contributed by atoms with Crippen LogP contribution < -0.4 is 5.32 Å². The van der Waals surface area contributed by atoms with Gasteiger partial charge in [-0.2, -0.15) is 0 Å². The second kappa shape index (κ2) is 5.49. The Kier molecular flexibility index (Phi) is 3.73. The van der Waals surface area contributed by atoms with E-state index in [1.807, 2.05) is 36.4 Å². The largest absolute Gasteiger partial charge is 0.379 e. The van der Waals surface area contributed by atoms with E-state index in [0.717, 1.165) is 32.3 Å². The van der Waals surface area contributed by atoms with Crippen molar-refractivity contribution in [3.05, 3.63) is 57.0 Å². The van der Waals surface area contributed by atoms with Gasteiger partial charge in [0.05, 0.1) is 16.8 Å². The summed E-state index contributed by atoms with van der Waals surface area (Å²) in [7, 11) is 0. The average Bonchev–Trinajstić information content (AvgIpc) is 2.80. The molecule has 0 radical (unpaired) electrons. The topological polar surface area (TPSA) is 24.9 Å². The second-order valence-electron chi connectivity index (χ2n) is 4.08. The Labute approximate surface area is 128 Å². The molecule has 2 aromatic carbocycles. The van der Waals surface area contributed by atoms with E-state index in [-0.39, 0.29) is 0 Å². The Morgan fingerprint density at radius 1 is 1.16 bits per heavy atom. The van der Waals surface area contributed by atoms with Crippen LogP contribution in [0.5, 0.6) is 0 Å². The van der Waals surface area contributed by atoms with E-state index in [1.165, 1.54) is 4.70 Å². The van der Waals surface area contributed by atoms with Gasteiger partial charge in [-0.3, -0.25) is 0 Å². The molecule has 1 N–H and O–H groups in total. The van der Waals surface area contributed by atoms with Gasteiger partial charge in [-0.1, -0.05) is 27.5 Å². The zero-order valence-corrected chi connectivity index (χ0v) is 13.0. The van der Waals surface area contributed by atoms with Crippen LogP contribution in [0.2, 0.25) is 5.02 Å². The van der Waals surface area contributed by atoms with Gasteiger partial charge in [0.15, 0.2) is 0 Å². The van der Waals surface area contributed by atoms with Crippen LogP contribution >= 0.6 is 38.9 Å². The van der Waals surface area contributed by atoms with E-state index in [2.05, 4.69) is 32.3 Å². The molecule has 0 saturated carbocycles. The number of anilines is 1. The molecule has 5 heteroatoms. The first-order valence-corrected chi connectivity index (χ1v) is 7.74. The fraction of sp³-hybridized carbons (Fsp3) is 0.0714. The summed E-state index contributed by atoms with van der Waals surface area (Å²) in [6, 6.07) is 13.8. The minimum atomic E-state index is 0.721. The highest BCUT2D eigenvalue weighted by atomic mass is 79.9. The highest BCUT2D eigenvalue weighted by molar-refractivity contribution is 9.10. The molecule has 2 nitrogen and oxygen atoms in total. The van der Waals surface area contributed by atoms with Crippen molar-refractivity contribution in [2.75, 3.05) is 5.32 Å². The van der Waals surface area contributed by atoms with Gasteiger partial charge in [-0.15, -0.1) is 11.3 Å². The molecule has 0 atom stereocenters. The molecule has 0 fully saturated rings. The normalized spacial score (nSPS) is 10.8. The van der Waals surface area contributed by atoms with Crippen molar-refractivity contribution in [3.8, 4) is 0 Å². The third kappa shape index (κ3) is 3.08. The summed E-state index contributed by atoms with van der Waals surface area (Å²) in [6.07, 6.45) is 0. The molecule has 0 aliphatic heterocycles. The summed E-state index contributed by atoms with van der Waals surface area (Å²) in [5.74, 6) is 0. The lowest BCUT2D eigenvalue weighted by Crippen LogP contribution is -1.98. The lowest BCUT2D eigenvalue weighted by atomic mass is 10.3. The van der Waals surface area contributed by atoms with Gasteiger partial charge in [0, 0.05) is 15.2 Å². The Bertz CT molecular complexity index is 709.